The number of hydrogen-bond acceptors (Lipinski definition) is 4. The van der Waals surface area contributed by atoms with Gasteiger partial charge >= 0.3 is 11.7 Å². The quantitative estimate of drug-likeness (QED) is 0.494. The van der Waals surface area contributed by atoms with Crippen molar-refractivity contribution in [1.82, 2.24) is 9.13 Å². The van der Waals surface area contributed by atoms with Crippen molar-refractivity contribution in [3.05, 3.63) is 64.1 Å². The van der Waals surface area contributed by atoms with E-state index < -0.39 is 5.54 Å². The summed E-state index contributed by atoms with van der Waals surface area (Å²) in [7, 11) is 1.42. The van der Waals surface area contributed by atoms with Crippen LogP contribution in [0.4, 0.5) is 5.69 Å². The van der Waals surface area contributed by atoms with Crippen LogP contribution in [0.1, 0.15) is 68.5 Å². The molecule has 0 radical (unpaired) electrons. The normalized spacial score (nSPS) is 20.0. The molecular weight excluding hydrogens is 414 g/mol. The second kappa shape index (κ2) is 8.32. The Morgan fingerprint density at radius 1 is 1.12 bits per heavy atom. The van der Waals surface area contributed by atoms with Crippen molar-refractivity contribution in [3.8, 4) is 0 Å². The SMILES string of the molecule is COC(=O)CC1(n2c(=O)n(C(C)C3C=Nc4cccc(C)c43)c3ccccc32)CCCCC1. The van der Waals surface area contributed by atoms with Crippen LogP contribution in [0.2, 0.25) is 0 Å². The van der Waals surface area contributed by atoms with Crippen molar-refractivity contribution in [1.29, 1.82) is 0 Å². The number of carbonyl (C=O) groups excluding carboxylic acids is 1. The van der Waals surface area contributed by atoms with Crippen LogP contribution in [0, 0.1) is 6.92 Å². The molecule has 1 saturated carbocycles. The highest BCUT2D eigenvalue weighted by atomic mass is 16.5. The number of benzene rings is 2. The summed E-state index contributed by atoms with van der Waals surface area (Å²) in [4.78, 5) is 31.3. The molecule has 2 atom stereocenters. The van der Waals surface area contributed by atoms with Crippen LogP contribution in [0.15, 0.2) is 52.3 Å². The van der Waals surface area contributed by atoms with E-state index in [2.05, 4.69) is 24.9 Å². The zero-order chi connectivity index (χ0) is 23.2. The molecule has 172 valence electrons. The molecule has 0 N–H and O–H groups in total. The number of ether oxygens (including phenoxy) is 1. The van der Waals surface area contributed by atoms with E-state index in [0.717, 1.165) is 48.8 Å². The number of hydrogen-bond donors (Lipinski definition) is 0. The predicted octanol–water partition coefficient (Wildman–Crippen LogP) is 5.39. The van der Waals surface area contributed by atoms with Crippen LogP contribution in [0.3, 0.4) is 0 Å². The highest BCUT2D eigenvalue weighted by molar-refractivity contribution is 5.83. The van der Waals surface area contributed by atoms with E-state index in [1.54, 1.807) is 0 Å². The van der Waals surface area contributed by atoms with Crippen molar-refractivity contribution in [3.63, 3.8) is 0 Å². The van der Waals surface area contributed by atoms with Crippen molar-refractivity contribution in [2.75, 3.05) is 7.11 Å². The van der Waals surface area contributed by atoms with Gasteiger partial charge in [0.15, 0.2) is 0 Å². The number of fused-ring (bicyclic) bond motifs is 2. The fourth-order valence-corrected chi connectivity index (χ4v) is 6.03. The zero-order valence-corrected chi connectivity index (χ0v) is 19.6. The van der Waals surface area contributed by atoms with E-state index >= 15 is 0 Å². The summed E-state index contributed by atoms with van der Waals surface area (Å²) in [5, 5.41) is 0. The summed E-state index contributed by atoms with van der Waals surface area (Å²) in [6, 6.07) is 14.0. The topological polar surface area (TPSA) is 65.6 Å². The van der Waals surface area contributed by atoms with Crippen LogP contribution in [0.25, 0.3) is 11.0 Å². The number of carbonyl (C=O) groups is 1. The molecule has 6 nitrogen and oxygen atoms in total. The van der Waals surface area contributed by atoms with Gasteiger partial charge in [0.25, 0.3) is 0 Å². The molecule has 0 spiro atoms. The first-order valence-corrected chi connectivity index (χ1v) is 11.9. The van der Waals surface area contributed by atoms with Gasteiger partial charge in [-0.1, -0.05) is 43.5 Å². The number of aromatic nitrogens is 2. The van der Waals surface area contributed by atoms with Gasteiger partial charge < -0.3 is 4.74 Å². The maximum atomic E-state index is 14.2. The maximum absolute atomic E-state index is 14.2. The van der Waals surface area contributed by atoms with Gasteiger partial charge in [-0.25, -0.2) is 4.79 Å². The number of aryl methyl sites for hydroxylation is 1. The van der Waals surface area contributed by atoms with Crippen LogP contribution >= 0.6 is 0 Å². The predicted molar refractivity (Wildman–Crippen MR) is 131 cm³/mol. The Morgan fingerprint density at radius 3 is 2.58 bits per heavy atom. The average molecular weight is 446 g/mol. The summed E-state index contributed by atoms with van der Waals surface area (Å²) < 4.78 is 8.89. The minimum absolute atomic E-state index is 0.0149. The zero-order valence-electron chi connectivity index (χ0n) is 19.6. The number of esters is 1. The molecular formula is C27H31N3O3. The van der Waals surface area contributed by atoms with Gasteiger partial charge in [-0.3, -0.25) is 18.9 Å². The molecule has 2 unspecified atom stereocenters. The minimum Gasteiger partial charge on any atom is -0.469 e. The lowest BCUT2D eigenvalue weighted by molar-refractivity contribution is -0.143. The van der Waals surface area contributed by atoms with Crippen LogP contribution in [-0.2, 0) is 15.1 Å². The molecule has 3 aromatic rings. The lowest BCUT2D eigenvalue weighted by Gasteiger charge is -2.37. The third-order valence-corrected chi connectivity index (χ3v) is 7.67. The Bertz CT molecular complexity index is 1290. The van der Waals surface area contributed by atoms with Gasteiger partial charge in [-0.05, 0) is 56.0 Å². The Labute approximate surface area is 193 Å². The van der Waals surface area contributed by atoms with Gasteiger partial charge in [0.1, 0.15) is 0 Å². The number of para-hydroxylation sites is 2. The van der Waals surface area contributed by atoms with E-state index in [1.165, 1.54) is 18.2 Å². The van der Waals surface area contributed by atoms with Crippen LogP contribution in [-0.4, -0.2) is 28.4 Å². The molecule has 5 rings (SSSR count). The summed E-state index contributed by atoms with van der Waals surface area (Å²) in [6.45, 7) is 4.21. The molecule has 1 aromatic heterocycles. The number of nitrogens with zero attached hydrogens (tertiary/aromatic N) is 3. The molecule has 33 heavy (non-hydrogen) atoms. The smallest absolute Gasteiger partial charge is 0.329 e. The molecule has 0 amide bonds. The summed E-state index contributed by atoms with van der Waals surface area (Å²) >= 11 is 0. The Hall–Kier alpha value is -3.15. The molecule has 1 aliphatic heterocycles. The summed E-state index contributed by atoms with van der Waals surface area (Å²) in [5.41, 5.74) is 4.55. The fraction of sp³-hybridized carbons (Fsp3) is 0.444. The molecule has 1 aliphatic carbocycles. The second-order valence-electron chi connectivity index (χ2n) is 9.57. The Balaban J connectivity index is 1.69. The first kappa shape index (κ1) is 21.7. The van der Waals surface area contributed by atoms with Crippen LogP contribution < -0.4 is 5.69 Å². The number of methoxy groups -OCH3 is 1. The summed E-state index contributed by atoms with van der Waals surface area (Å²) in [5.74, 6) is -0.248. The van der Waals surface area contributed by atoms with E-state index in [9.17, 15) is 9.59 Å². The van der Waals surface area contributed by atoms with Crippen molar-refractivity contribution < 1.29 is 9.53 Å². The fourth-order valence-electron chi connectivity index (χ4n) is 6.03. The van der Waals surface area contributed by atoms with Gasteiger partial charge in [0.05, 0.1) is 35.8 Å². The largest absolute Gasteiger partial charge is 0.469 e. The average Bonchev–Trinajstić information content (AvgIpc) is 3.39. The van der Waals surface area contributed by atoms with Crippen molar-refractivity contribution in [2.24, 2.45) is 4.99 Å². The van der Waals surface area contributed by atoms with Gasteiger partial charge in [-0.2, -0.15) is 0 Å². The maximum Gasteiger partial charge on any atom is 0.329 e. The summed E-state index contributed by atoms with van der Waals surface area (Å²) in [6.07, 6.45) is 6.93. The number of aliphatic imine (C=N–C) groups is 1. The van der Waals surface area contributed by atoms with E-state index in [-0.39, 0.29) is 30.0 Å². The Morgan fingerprint density at radius 2 is 1.85 bits per heavy atom. The van der Waals surface area contributed by atoms with E-state index in [4.69, 9.17) is 4.74 Å². The van der Waals surface area contributed by atoms with Gasteiger partial charge in [0.2, 0.25) is 0 Å². The van der Waals surface area contributed by atoms with Crippen LogP contribution in [0.5, 0.6) is 0 Å². The molecule has 1 fully saturated rings. The molecule has 2 heterocycles. The monoisotopic (exact) mass is 445 g/mol. The molecule has 6 heteroatoms. The molecule has 0 bridgehead atoms. The standard InChI is InChI=1S/C27H31N3O3/c1-18-10-9-11-21-25(18)20(17-28-21)19(2)29-22-12-5-6-13-23(22)30(26(29)32)27(16-24(31)33-3)14-7-4-8-15-27/h5-6,9-13,17,19-20H,4,7-8,14-16H2,1-3H3. The highest BCUT2D eigenvalue weighted by Gasteiger charge is 2.41. The minimum atomic E-state index is -0.551. The number of imidazole rings is 1. The molecule has 0 saturated heterocycles. The second-order valence-corrected chi connectivity index (χ2v) is 9.57. The molecule has 2 aliphatic rings. The first-order chi connectivity index (χ1) is 16.0. The van der Waals surface area contributed by atoms with Gasteiger partial charge in [0, 0.05) is 18.2 Å². The van der Waals surface area contributed by atoms with E-state index in [0.29, 0.717) is 0 Å². The lowest BCUT2D eigenvalue weighted by Crippen LogP contribution is -2.45. The van der Waals surface area contributed by atoms with Gasteiger partial charge in [-0.15, -0.1) is 0 Å². The first-order valence-electron chi connectivity index (χ1n) is 11.9. The third kappa shape index (κ3) is 3.43. The third-order valence-electron chi connectivity index (χ3n) is 7.67. The lowest BCUT2D eigenvalue weighted by atomic mass is 9.79. The highest BCUT2D eigenvalue weighted by Crippen LogP contribution is 2.43. The number of rotatable bonds is 5. The van der Waals surface area contributed by atoms with E-state index in [1.807, 2.05) is 51.7 Å². The molecule has 2 aromatic carbocycles. The van der Waals surface area contributed by atoms with Crippen molar-refractivity contribution in [2.45, 2.75) is 69.9 Å². The Kier molecular flexibility index (Phi) is 5.47. The van der Waals surface area contributed by atoms with Crippen molar-refractivity contribution >= 4 is 28.9 Å².